The lowest BCUT2D eigenvalue weighted by molar-refractivity contribution is -0.130. The number of hydrogen-bond donors (Lipinski definition) is 4. The molecule has 0 bridgehead atoms. The van der Waals surface area contributed by atoms with E-state index in [1.165, 1.54) is 12.1 Å². The number of benzene rings is 3. The predicted octanol–water partition coefficient (Wildman–Crippen LogP) is 4.01. The summed E-state index contributed by atoms with van der Waals surface area (Å²) in [6.45, 7) is 6.21. The number of fused-ring (bicyclic) bond motifs is 1. The van der Waals surface area contributed by atoms with Crippen LogP contribution in [0.4, 0.5) is 14.9 Å². The zero-order chi connectivity index (χ0) is 28.9. The summed E-state index contributed by atoms with van der Waals surface area (Å²) in [6.07, 6.45) is 0.777. The molecule has 4 rings (SSSR count). The number of hydrogen-bond acceptors (Lipinski definition) is 4. The topological polar surface area (TPSA) is 117 Å². The van der Waals surface area contributed by atoms with Crippen molar-refractivity contribution < 1.29 is 18.8 Å². The predicted molar refractivity (Wildman–Crippen MR) is 154 cm³/mol. The molecular formula is C31H36FN5O3. The van der Waals surface area contributed by atoms with Gasteiger partial charge in [-0.2, -0.15) is 0 Å². The molecule has 0 unspecified atom stereocenters. The van der Waals surface area contributed by atoms with Crippen LogP contribution < -0.4 is 26.6 Å². The number of nitrogens with zero attached hydrogens (tertiary/aromatic N) is 1. The van der Waals surface area contributed by atoms with Gasteiger partial charge in [-0.05, 0) is 79.6 Å². The van der Waals surface area contributed by atoms with Crippen LogP contribution in [-0.2, 0) is 29.1 Å². The third kappa shape index (κ3) is 6.84. The van der Waals surface area contributed by atoms with E-state index in [0.29, 0.717) is 37.2 Å². The lowest BCUT2D eigenvalue weighted by Crippen LogP contribution is -2.56. The summed E-state index contributed by atoms with van der Waals surface area (Å²) in [5.41, 5.74) is 9.95. The molecule has 1 atom stereocenters. The number of carbonyl (C=O) groups excluding carboxylic acids is 3. The zero-order valence-corrected chi connectivity index (χ0v) is 23.1. The number of nitrogens with one attached hydrogen (secondary N) is 3. The van der Waals surface area contributed by atoms with Gasteiger partial charge in [-0.15, -0.1) is 0 Å². The van der Waals surface area contributed by atoms with E-state index in [-0.39, 0.29) is 24.3 Å². The Morgan fingerprint density at radius 2 is 1.77 bits per heavy atom. The maximum absolute atomic E-state index is 14.1. The van der Waals surface area contributed by atoms with Gasteiger partial charge in [0, 0.05) is 18.8 Å². The fourth-order valence-corrected chi connectivity index (χ4v) is 4.72. The highest BCUT2D eigenvalue weighted by molar-refractivity contribution is 6.01. The Morgan fingerprint density at radius 1 is 1.05 bits per heavy atom. The van der Waals surface area contributed by atoms with Crippen molar-refractivity contribution in [3.63, 3.8) is 0 Å². The summed E-state index contributed by atoms with van der Waals surface area (Å²) in [7, 11) is 0. The van der Waals surface area contributed by atoms with Crippen LogP contribution in [0.5, 0.6) is 0 Å². The first-order valence-corrected chi connectivity index (χ1v) is 13.5. The van der Waals surface area contributed by atoms with E-state index in [9.17, 15) is 18.8 Å². The molecule has 3 aromatic carbocycles. The molecular weight excluding hydrogens is 509 g/mol. The van der Waals surface area contributed by atoms with E-state index in [1.54, 1.807) is 24.8 Å². The molecule has 3 aromatic rings. The second-order valence-electron chi connectivity index (χ2n) is 10.6. The minimum Gasteiger partial charge on any atom is -0.343 e. The Kier molecular flexibility index (Phi) is 8.84. The van der Waals surface area contributed by atoms with Gasteiger partial charge in [0.1, 0.15) is 11.9 Å². The SMILES string of the molecule is CCNC(=O)NCc1ccccc1-c1ccc(CN2C(=O)[C@H](NC(=O)C(C)(C)N)CCc3cc(F)ccc32)cc1. The van der Waals surface area contributed by atoms with Gasteiger partial charge in [-0.3, -0.25) is 9.59 Å². The van der Waals surface area contributed by atoms with Gasteiger partial charge in [0.15, 0.2) is 0 Å². The van der Waals surface area contributed by atoms with Crippen LogP contribution in [0.25, 0.3) is 11.1 Å². The normalized spacial score (nSPS) is 15.2. The van der Waals surface area contributed by atoms with Crippen LogP contribution in [0.3, 0.4) is 0 Å². The first-order valence-electron chi connectivity index (χ1n) is 13.5. The summed E-state index contributed by atoms with van der Waals surface area (Å²) < 4.78 is 14.1. The zero-order valence-electron chi connectivity index (χ0n) is 23.1. The van der Waals surface area contributed by atoms with Gasteiger partial charge < -0.3 is 26.6 Å². The van der Waals surface area contributed by atoms with Gasteiger partial charge in [-0.1, -0.05) is 48.5 Å². The number of rotatable bonds is 8. The van der Waals surface area contributed by atoms with E-state index < -0.39 is 17.5 Å². The Balaban J connectivity index is 1.58. The highest BCUT2D eigenvalue weighted by Crippen LogP contribution is 2.30. The quantitative estimate of drug-likeness (QED) is 0.342. The Labute approximate surface area is 234 Å². The molecule has 5 N–H and O–H groups in total. The molecule has 0 spiro atoms. The average molecular weight is 546 g/mol. The lowest BCUT2D eigenvalue weighted by atomic mass is 9.98. The molecule has 8 nitrogen and oxygen atoms in total. The number of amides is 4. The summed E-state index contributed by atoms with van der Waals surface area (Å²) in [5, 5.41) is 8.39. The summed E-state index contributed by atoms with van der Waals surface area (Å²) in [4.78, 5) is 39.8. The molecule has 210 valence electrons. The van der Waals surface area contributed by atoms with E-state index in [4.69, 9.17) is 5.73 Å². The summed E-state index contributed by atoms with van der Waals surface area (Å²) in [5.74, 6) is -1.07. The minimum atomic E-state index is -1.14. The van der Waals surface area contributed by atoms with E-state index in [2.05, 4.69) is 16.0 Å². The van der Waals surface area contributed by atoms with Crippen molar-refractivity contribution in [2.45, 2.75) is 58.3 Å². The third-order valence-corrected chi connectivity index (χ3v) is 6.89. The molecule has 1 heterocycles. The first kappa shape index (κ1) is 28.8. The van der Waals surface area contributed by atoms with Gasteiger partial charge in [0.05, 0.1) is 12.1 Å². The Hall–Kier alpha value is -4.24. The number of aryl methyl sites for hydroxylation is 1. The average Bonchev–Trinajstić information content (AvgIpc) is 3.04. The monoisotopic (exact) mass is 545 g/mol. The number of anilines is 1. The summed E-state index contributed by atoms with van der Waals surface area (Å²) >= 11 is 0. The Bertz CT molecular complexity index is 1380. The Morgan fingerprint density at radius 3 is 2.48 bits per heavy atom. The molecule has 0 aromatic heterocycles. The van der Waals surface area contributed by atoms with Gasteiger partial charge in [0.25, 0.3) is 0 Å². The lowest BCUT2D eigenvalue weighted by Gasteiger charge is -2.28. The van der Waals surface area contributed by atoms with Crippen molar-refractivity contribution in [1.29, 1.82) is 0 Å². The number of halogens is 1. The molecule has 4 amide bonds. The van der Waals surface area contributed by atoms with Crippen LogP contribution in [0, 0.1) is 5.82 Å². The van der Waals surface area contributed by atoms with E-state index >= 15 is 0 Å². The number of carbonyl (C=O) groups is 3. The standard InChI is InChI=1S/C31H36FN5O3/c1-4-34-30(40)35-18-23-7-5-6-8-25(23)21-11-9-20(10-12-21)19-37-27-16-14-24(32)17-22(27)13-15-26(28(37)38)36-29(39)31(2,3)33/h5-12,14,16-17,26H,4,13,15,18-19,33H2,1-3H3,(H,36,39)(H2,34,35,40)/t26-/m1/s1. The fourth-order valence-electron chi connectivity index (χ4n) is 4.72. The highest BCUT2D eigenvalue weighted by Gasteiger charge is 2.34. The second-order valence-corrected chi connectivity index (χ2v) is 10.6. The van der Waals surface area contributed by atoms with Gasteiger partial charge in [0.2, 0.25) is 11.8 Å². The van der Waals surface area contributed by atoms with Crippen molar-refractivity contribution in [3.05, 3.63) is 89.2 Å². The molecule has 0 saturated heterocycles. The largest absolute Gasteiger partial charge is 0.343 e. The highest BCUT2D eigenvalue weighted by atomic mass is 19.1. The molecule has 40 heavy (non-hydrogen) atoms. The van der Waals surface area contributed by atoms with Gasteiger partial charge >= 0.3 is 6.03 Å². The van der Waals surface area contributed by atoms with Crippen molar-refractivity contribution >= 4 is 23.5 Å². The van der Waals surface area contributed by atoms with Crippen molar-refractivity contribution in [2.24, 2.45) is 5.73 Å². The fraction of sp³-hybridized carbons (Fsp3) is 0.323. The van der Waals surface area contributed by atoms with Crippen molar-refractivity contribution in [3.8, 4) is 11.1 Å². The maximum Gasteiger partial charge on any atom is 0.315 e. The van der Waals surface area contributed by atoms with Crippen molar-refractivity contribution in [2.75, 3.05) is 11.4 Å². The minimum absolute atomic E-state index is 0.223. The maximum atomic E-state index is 14.1. The second kappa shape index (κ2) is 12.3. The smallest absolute Gasteiger partial charge is 0.315 e. The number of urea groups is 1. The third-order valence-electron chi connectivity index (χ3n) is 6.89. The molecule has 9 heteroatoms. The first-order chi connectivity index (χ1) is 19.1. The molecule has 1 aliphatic rings. The van der Waals surface area contributed by atoms with Gasteiger partial charge in [-0.25, -0.2) is 9.18 Å². The molecule has 0 fully saturated rings. The van der Waals surface area contributed by atoms with E-state index in [1.807, 2.05) is 55.5 Å². The van der Waals surface area contributed by atoms with Crippen LogP contribution >= 0.6 is 0 Å². The summed E-state index contributed by atoms with van der Waals surface area (Å²) in [6, 6.07) is 19.1. The van der Waals surface area contributed by atoms with E-state index in [0.717, 1.165) is 22.3 Å². The van der Waals surface area contributed by atoms with Crippen molar-refractivity contribution in [1.82, 2.24) is 16.0 Å². The van der Waals surface area contributed by atoms with Crippen LogP contribution in [0.1, 0.15) is 43.9 Å². The number of nitrogens with two attached hydrogens (primary N) is 1. The van der Waals surface area contributed by atoms with Crippen LogP contribution in [0.15, 0.2) is 66.7 Å². The molecule has 1 aliphatic heterocycles. The molecule has 0 radical (unpaired) electrons. The van der Waals surface area contributed by atoms with Crippen LogP contribution in [0.2, 0.25) is 0 Å². The van der Waals surface area contributed by atoms with Crippen LogP contribution in [-0.4, -0.2) is 36.0 Å². The molecule has 0 saturated carbocycles. The molecule has 0 aliphatic carbocycles.